The summed E-state index contributed by atoms with van der Waals surface area (Å²) in [5.41, 5.74) is 0. The van der Waals surface area contributed by atoms with Crippen molar-refractivity contribution in [2.24, 2.45) is 11.8 Å². The Morgan fingerprint density at radius 1 is 1.55 bits per heavy atom. The molecule has 4 nitrogen and oxygen atoms in total. The first kappa shape index (κ1) is 6.64. The number of hydrogen-bond donors (Lipinski definition) is 2. The van der Waals surface area contributed by atoms with Crippen LogP contribution in [0.2, 0.25) is 0 Å². The molecule has 1 unspecified atom stereocenters. The zero-order chi connectivity index (χ0) is 8.01. The third kappa shape index (κ3) is 0.818. The molecule has 4 heteroatoms. The van der Waals surface area contributed by atoms with Crippen molar-refractivity contribution in [3.63, 3.8) is 0 Å². The number of fused-ring (bicyclic) bond motifs is 2. The largest absolute Gasteiger partial charge is 0.480 e. The lowest BCUT2D eigenvalue weighted by Gasteiger charge is -2.43. The van der Waals surface area contributed by atoms with Gasteiger partial charge >= 0.3 is 5.97 Å². The number of aliphatic carboxylic acids is 1. The van der Waals surface area contributed by atoms with Crippen molar-refractivity contribution in [2.75, 3.05) is 0 Å². The number of rotatable bonds is 1. The van der Waals surface area contributed by atoms with Crippen molar-refractivity contribution in [1.82, 2.24) is 5.32 Å². The SMILES string of the molecule is O=C1NC(C(=O)O)C2CC1C2. The summed E-state index contributed by atoms with van der Waals surface area (Å²) in [5.74, 6) is -0.688. The Labute approximate surface area is 63.6 Å². The molecule has 2 saturated heterocycles. The van der Waals surface area contributed by atoms with Gasteiger partial charge in [0.2, 0.25) is 5.91 Å². The van der Waals surface area contributed by atoms with E-state index in [4.69, 9.17) is 5.11 Å². The van der Waals surface area contributed by atoms with E-state index < -0.39 is 12.0 Å². The summed E-state index contributed by atoms with van der Waals surface area (Å²) < 4.78 is 0. The number of carbonyl (C=O) groups excluding carboxylic acids is 1. The Morgan fingerprint density at radius 2 is 2.18 bits per heavy atom. The zero-order valence-corrected chi connectivity index (χ0v) is 5.91. The van der Waals surface area contributed by atoms with E-state index in [0.717, 1.165) is 12.8 Å². The van der Waals surface area contributed by atoms with E-state index in [1.54, 1.807) is 0 Å². The summed E-state index contributed by atoms with van der Waals surface area (Å²) in [6, 6.07) is -0.618. The van der Waals surface area contributed by atoms with Gasteiger partial charge in [0, 0.05) is 5.92 Å². The summed E-state index contributed by atoms with van der Waals surface area (Å²) >= 11 is 0. The van der Waals surface area contributed by atoms with Gasteiger partial charge in [0.05, 0.1) is 0 Å². The molecule has 2 aliphatic heterocycles. The predicted molar refractivity (Wildman–Crippen MR) is 35.8 cm³/mol. The number of carbonyl (C=O) groups is 2. The highest BCUT2D eigenvalue weighted by atomic mass is 16.4. The lowest BCUT2D eigenvalue weighted by atomic mass is 9.67. The summed E-state index contributed by atoms with van der Waals surface area (Å²) in [6.45, 7) is 0. The van der Waals surface area contributed by atoms with E-state index in [1.165, 1.54) is 0 Å². The molecule has 0 radical (unpaired) electrons. The average Bonchev–Trinajstić information content (AvgIpc) is 1.83. The molecule has 1 saturated carbocycles. The van der Waals surface area contributed by atoms with Crippen molar-refractivity contribution < 1.29 is 14.7 Å². The average molecular weight is 155 g/mol. The number of hydrogen-bond acceptors (Lipinski definition) is 2. The molecule has 2 heterocycles. The Hall–Kier alpha value is -1.06. The van der Waals surface area contributed by atoms with E-state index in [2.05, 4.69) is 5.32 Å². The van der Waals surface area contributed by atoms with E-state index in [0.29, 0.717) is 0 Å². The number of amides is 1. The molecule has 60 valence electrons. The topological polar surface area (TPSA) is 66.4 Å². The molecule has 0 spiro atoms. The van der Waals surface area contributed by atoms with Crippen LogP contribution in [0.4, 0.5) is 0 Å². The van der Waals surface area contributed by atoms with Crippen LogP contribution in [-0.4, -0.2) is 23.0 Å². The Morgan fingerprint density at radius 3 is 2.55 bits per heavy atom. The summed E-state index contributed by atoms with van der Waals surface area (Å²) in [7, 11) is 0. The number of carboxylic acids is 1. The van der Waals surface area contributed by atoms with Crippen LogP contribution in [0.25, 0.3) is 0 Å². The third-order valence-corrected chi connectivity index (χ3v) is 2.58. The van der Waals surface area contributed by atoms with Gasteiger partial charge in [-0.25, -0.2) is 4.79 Å². The van der Waals surface area contributed by atoms with Crippen molar-refractivity contribution in [3.05, 3.63) is 0 Å². The molecule has 11 heavy (non-hydrogen) atoms. The molecular formula is C7H9NO3. The van der Waals surface area contributed by atoms with Gasteiger partial charge in [-0.2, -0.15) is 0 Å². The van der Waals surface area contributed by atoms with Crippen LogP contribution in [0.3, 0.4) is 0 Å². The highest BCUT2D eigenvalue weighted by molar-refractivity contribution is 5.88. The van der Waals surface area contributed by atoms with Gasteiger partial charge in [0.25, 0.3) is 0 Å². The van der Waals surface area contributed by atoms with Gasteiger partial charge in [-0.3, -0.25) is 4.79 Å². The smallest absolute Gasteiger partial charge is 0.326 e. The first-order chi connectivity index (χ1) is 5.18. The molecule has 2 N–H and O–H groups in total. The van der Waals surface area contributed by atoms with Gasteiger partial charge in [0.15, 0.2) is 0 Å². The summed E-state index contributed by atoms with van der Waals surface area (Å²) in [5, 5.41) is 11.1. The normalized spacial score (nSPS) is 40.7. The van der Waals surface area contributed by atoms with E-state index >= 15 is 0 Å². The number of carboxylic acid groups (broad SMARTS) is 1. The van der Waals surface area contributed by atoms with E-state index in [1.807, 2.05) is 0 Å². The minimum absolute atomic E-state index is 0.0834. The van der Waals surface area contributed by atoms with Gasteiger partial charge in [0.1, 0.15) is 6.04 Å². The molecule has 3 fully saturated rings. The lowest BCUT2D eigenvalue weighted by Crippen LogP contribution is -2.60. The fourth-order valence-corrected chi connectivity index (χ4v) is 1.80. The molecule has 1 aliphatic carbocycles. The van der Waals surface area contributed by atoms with Crippen LogP contribution < -0.4 is 5.32 Å². The van der Waals surface area contributed by atoms with Gasteiger partial charge in [-0.1, -0.05) is 0 Å². The van der Waals surface area contributed by atoms with Crippen LogP contribution in [0.15, 0.2) is 0 Å². The van der Waals surface area contributed by atoms with Crippen LogP contribution in [0, 0.1) is 11.8 Å². The zero-order valence-electron chi connectivity index (χ0n) is 5.91. The second kappa shape index (κ2) is 1.96. The molecule has 0 aromatic rings. The van der Waals surface area contributed by atoms with E-state index in [-0.39, 0.29) is 17.7 Å². The van der Waals surface area contributed by atoms with Crippen molar-refractivity contribution >= 4 is 11.9 Å². The van der Waals surface area contributed by atoms with Crippen molar-refractivity contribution in [3.8, 4) is 0 Å². The van der Waals surface area contributed by atoms with E-state index in [9.17, 15) is 9.59 Å². The predicted octanol–water partition coefficient (Wildman–Crippen LogP) is -0.404. The summed E-state index contributed by atoms with van der Waals surface area (Å²) in [6.07, 6.45) is 1.53. The minimum atomic E-state index is -0.901. The Kier molecular flexibility index (Phi) is 1.19. The monoisotopic (exact) mass is 155 g/mol. The molecule has 0 aromatic heterocycles. The highest BCUT2D eigenvalue weighted by Crippen LogP contribution is 2.40. The molecule has 1 atom stereocenters. The fourth-order valence-electron chi connectivity index (χ4n) is 1.80. The number of nitrogens with one attached hydrogen (secondary N) is 1. The molecule has 3 aliphatic rings. The first-order valence-corrected chi connectivity index (χ1v) is 3.71. The standard InChI is InChI=1S/C7H9NO3/c9-6-4-1-3(2-4)5(8-6)7(10)11/h3-5H,1-2H2,(H,8,9)(H,10,11). The van der Waals surface area contributed by atoms with Gasteiger partial charge in [-0.15, -0.1) is 0 Å². The van der Waals surface area contributed by atoms with Crippen LogP contribution >= 0.6 is 0 Å². The van der Waals surface area contributed by atoms with Crippen LogP contribution in [0.5, 0.6) is 0 Å². The number of piperidine rings is 2. The fraction of sp³-hybridized carbons (Fsp3) is 0.714. The third-order valence-electron chi connectivity index (χ3n) is 2.58. The molecule has 0 aromatic carbocycles. The van der Waals surface area contributed by atoms with Crippen molar-refractivity contribution in [2.45, 2.75) is 18.9 Å². The first-order valence-electron chi connectivity index (χ1n) is 3.71. The highest BCUT2D eigenvalue weighted by Gasteiger charge is 2.48. The van der Waals surface area contributed by atoms with Gasteiger partial charge < -0.3 is 10.4 Å². The van der Waals surface area contributed by atoms with Gasteiger partial charge in [-0.05, 0) is 18.8 Å². The Balaban J connectivity index is 2.12. The second-order valence-electron chi connectivity index (χ2n) is 3.25. The van der Waals surface area contributed by atoms with Crippen LogP contribution in [0.1, 0.15) is 12.8 Å². The summed E-state index contributed by atoms with van der Waals surface area (Å²) in [4.78, 5) is 21.5. The minimum Gasteiger partial charge on any atom is -0.480 e. The lowest BCUT2D eigenvalue weighted by molar-refractivity contribution is -0.153. The maximum atomic E-state index is 11.0. The maximum Gasteiger partial charge on any atom is 0.326 e. The van der Waals surface area contributed by atoms with Crippen molar-refractivity contribution in [1.29, 1.82) is 0 Å². The molecule has 1 amide bonds. The molecular weight excluding hydrogens is 146 g/mol. The maximum absolute atomic E-state index is 11.0. The Bertz CT molecular complexity index is 220. The quantitative estimate of drug-likeness (QED) is 0.541. The second-order valence-corrected chi connectivity index (χ2v) is 3.25. The molecule has 3 rings (SSSR count). The molecule has 2 bridgehead atoms. The van der Waals surface area contributed by atoms with Crippen LogP contribution in [-0.2, 0) is 9.59 Å².